The molecule has 0 bridgehead atoms. The molecular weight excluding hydrogens is 342 g/mol. The summed E-state index contributed by atoms with van der Waals surface area (Å²) < 4.78 is 6.53. The first-order valence-electron chi connectivity index (χ1n) is 10.1. The number of para-hydroxylation sites is 1. The fourth-order valence-corrected chi connectivity index (χ4v) is 4.66. The number of nitrogens with one attached hydrogen (secondary N) is 1. The second-order valence-corrected chi connectivity index (χ2v) is 8.16. The Kier molecular flexibility index (Phi) is 5.08. The Labute approximate surface area is 160 Å². The third-order valence-corrected chi connectivity index (χ3v) is 6.12. The Hall–Kier alpha value is -2.08. The third-order valence-electron chi connectivity index (χ3n) is 6.12. The largest absolute Gasteiger partial charge is 0.483 e. The maximum Gasteiger partial charge on any atom is 0.225 e. The van der Waals surface area contributed by atoms with Gasteiger partial charge in [0, 0.05) is 31.5 Å². The molecule has 3 heterocycles. The van der Waals surface area contributed by atoms with Crippen molar-refractivity contribution in [2.45, 2.75) is 44.8 Å². The van der Waals surface area contributed by atoms with Crippen molar-refractivity contribution in [3.63, 3.8) is 0 Å². The molecule has 2 amide bonds. The van der Waals surface area contributed by atoms with Crippen LogP contribution in [0.15, 0.2) is 24.3 Å². The topological polar surface area (TPSA) is 61.9 Å². The van der Waals surface area contributed by atoms with E-state index in [9.17, 15) is 9.59 Å². The Bertz CT molecular complexity index is 716. The van der Waals surface area contributed by atoms with Crippen molar-refractivity contribution in [1.29, 1.82) is 0 Å². The number of nitrogens with zero attached hydrogens (tertiary/aromatic N) is 2. The summed E-state index contributed by atoms with van der Waals surface area (Å²) in [7, 11) is 0. The standard InChI is InChI=1S/C21H29N3O3/c1-16(25)24-13-18-5-2-3-6-19(18)27-21(15-24)9-4-12-23(14-21)20(26)17-7-10-22-11-8-17/h2-3,5-6,17,22H,4,7-15H2,1H3. The molecule has 1 spiro atoms. The number of carbonyl (C=O) groups excluding carboxylic acids is 2. The van der Waals surface area contributed by atoms with Gasteiger partial charge in [-0.3, -0.25) is 9.59 Å². The zero-order valence-electron chi connectivity index (χ0n) is 16.1. The number of ether oxygens (including phenoxy) is 1. The van der Waals surface area contributed by atoms with Gasteiger partial charge in [0.1, 0.15) is 11.4 Å². The summed E-state index contributed by atoms with van der Waals surface area (Å²) in [5.41, 5.74) is 0.519. The van der Waals surface area contributed by atoms with Gasteiger partial charge >= 0.3 is 0 Å². The van der Waals surface area contributed by atoms with E-state index in [4.69, 9.17) is 4.74 Å². The molecule has 0 saturated carbocycles. The van der Waals surface area contributed by atoms with Gasteiger partial charge in [-0.2, -0.15) is 0 Å². The van der Waals surface area contributed by atoms with Crippen molar-refractivity contribution in [1.82, 2.24) is 15.1 Å². The van der Waals surface area contributed by atoms with E-state index in [1.807, 2.05) is 34.1 Å². The summed E-state index contributed by atoms with van der Waals surface area (Å²) in [5, 5.41) is 3.33. The highest BCUT2D eigenvalue weighted by atomic mass is 16.5. The number of hydrogen-bond donors (Lipinski definition) is 1. The Morgan fingerprint density at radius 1 is 1.15 bits per heavy atom. The van der Waals surface area contributed by atoms with Crippen LogP contribution in [0.25, 0.3) is 0 Å². The molecule has 1 aromatic carbocycles. The van der Waals surface area contributed by atoms with Crippen molar-refractivity contribution >= 4 is 11.8 Å². The molecule has 0 radical (unpaired) electrons. The lowest BCUT2D eigenvalue weighted by Gasteiger charge is -2.44. The smallest absolute Gasteiger partial charge is 0.225 e. The van der Waals surface area contributed by atoms with Crippen molar-refractivity contribution in [3.8, 4) is 5.75 Å². The summed E-state index contributed by atoms with van der Waals surface area (Å²) in [4.78, 5) is 29.2. The molecule has 146 valence electrons. The number of benzene rings is 1. The molecule has 1 N–H and O–H groups in total. The predicted molar refractivity (Wildman–Crippen MR) is 102 cm³/mol. The van der Waals surface area contributed by atoms with Crippen LogP contribution in [0.3, 0.4) is 0 Å². The molecule has 1 unspecified atom stereocenters. The summed E-state index contributed by atoms with van der Waals surface area (Å²) in [5.74, 6) is 1.27. The van der Waals surface area contributed by atoms with Crippen molar-refractivity contribution in [3.05, 3.63) is 29.8 Å². The molecule has 0 aliphatic carbocycles. The minimum absolute atomic E-state index is 0.0523. The van der Waals surface area contributed by atoms with Gasteiger partial charge in [-0.1, -0.05) is 18.2 Å². The minimum atomic E-state index is -0.515. The van der Waals surface area contributed by atoms with E-state index in [1.165, 1.54) is 0 Å². The molecule has 2 fully saturated rings. The number of likely N-dealkylation sites (tertiary alicyclic amines) is 1. The van der Waals surface area contributed by atoms with E-state index < -0.39 is 5.60 Å². The van der Waals surface area contributed by atoms with Crippen LogP contribution < -0.4 is 10.1 Å². The number of carbonyl (C=O) groups is 2. The van der Waals surface area contributed by atoms with E-state index in [1.54, 1.807) is 6.92 Å². The summed E-state index contributed by atoms with van der Waals surface area (Å²) in [6.45, 7) is 5.89. The number of fused-ring (bicyclic) bond motifs is 1. The first kappa shape index (κ1) is 18.3. The highest BCUT2D eigenvalue weighted by molar-refractivity contribution is 5.79. The molecular formula is C21H29N3O3. The van der Waals surface area contributed by atoms with Crippen molar-refractivity contribution in [2.24, 2.45) is 5.92 Å². The predicted octanol–water partition coefficient (Wildman–Crippen LogP) is 1.79. The fourth-order valence-electron chi connectivity index (χ4n) is 4.66. The second-order valence-electron chi connectivity index (χ2n) is 8.16. The minimum Gasteiger partial charge on any atom is -0.483 e. The summed E-state index contributed by atoms with van der Waals surface area (Å²) >= 11 is 0. The number of hydrogen-bond acceptors (Lipinski definition) is 4. The van der Waals surface area contributed by atoms with E-state index in [2.05, 4.69) is 5.32 Å². The van der Waals surface area contributed by atoms with Crippen LogP contribution in [-0.2, 0) is 16.1 Å². The maximum atomic E-state index is 13.1. The van der Waals surface area contributed by atoms with E-state index in [0.29, 0.717) is 19.6 Å². The van der Waals surface area contributed by atoms with Crippen LogP contribution in [-0.4, -0.2) is 59.9 Å². The quantitative estimate of drug-likeness (QED) is 0.818. The average molecular weight is 371 g/mol. The number of piperidine rings is 2. The summed E-state index contributed by atoms with van der Waals surface area (Å²) in [6, 6.07) is 7.95. The van der Waals surface area contributed by atoms with Gasteiger partial charge < -0.3 is 19.9 Å². The van der Waals surface area contributed by atoms with Gasteiger partial charge in [-0.25, -0.2) is 0 Å². The Balaban J connectivity index is 1.58. The number of rotatable bonds is 1. The monoisotopic (exact) mass is 371 g/mol. The van der Waals surface area contributed by atoms with E-state index >= 15 is 0 Å². The van der Waals surface area contributed by atoms with Gasteiger partial charge in [-0.15, -0.1) is 0 Å². The molecule has 3 aliphatic heterocycles. The van der Waals surface area contributed by atoms with Gasteiger partial charge in [0.05, 0.1) is 13.1 Å². The first-order chi connectivity index (χ1) is 13.1. The lowest BCUT2D eigenvalue weighted by atomic mass is 9.89. The van der Waals surface area contributed by atoms with Crippen LogP contribution in [0.4, 0.5) is 0 Å². The fraction of sp³-hybridized carbons (Fsp3) is 0.619. The Morgan fingerprint density at radius 3 is 2.67 bits per heavy atom. The lowest BCUT2D eigenvalue weighted by molar-refractivity contribution is -0.144. The molecule has 1 aromatic rings. The lowest BCUT2D eigenvalue weighted by Crippen LogP contribution is -2.59. The maximum absolute atomic E-state index is 13.1. The molecule has 6 heteroatoms. The highest BCUT2D eigenvalue weighted by Gasteiger charge is 2.44. The Morgan fingerprint density at radius 2 is 1.89 bits per heavy atom. The van der Waals surface area contributed by atoms with Gasteiger partial charge in [0.15, 0.2) is 0 Å². The highest BCUT2D eigenvalue weighted by Crippen LogP contribution is 2.35. The second kappa shape index (κ2) is 7.50. The molecule has 2 saturated heterocycles. The first-order valence-corrected chi connectivity index (χ1v) is 10.1. The van der Waals surface area contributed by atoms with E-state index in [0.717, 1.165) is 56.6 Å². The van der Waals surface area contributed by atoms with Gasteiger partial charge in [0.25, 0.3) is 0 Å². The molecule has 4 rings (SSSR count). The molecule has 6 nitrogen and oxygen atoms in total. The molecule has 27 heavy (non-hydrogen) atoms. The average Bonchev–Trinajstić information content (AvgIpc) is 2.84. The zero-order valence-corrected chi connectivity index (χ0v) is 16.1. The molecule has 3 aliphatic rings. The van der Waals surface area contributed by atoms with E-state index in [-0.39, 0.29) is 17.7 Å². The van der Waals surface area contributed by atoms with Gasteiger partial charge in [0.2, 0.25) is 11.8 Å². The van der Waals surface area contributed by atoms with Crippen molar-refractivity contribution < 1.29 is 14.3 Å². The number of amides is 2. The SMILES string of the molecule is CC(=O)N1Cc2ccccc2OC2(CCCN(C(=O)C3CCNCC3)C2)C1. The van der Waals surface area contributed by atoms with Crippen LogP contribution >= 0.6 is 0 Å². The normalized spacial score (nSPS) is 26.3. The zero-order chi connectivity index (χ0) is 18.9. The van der Waals surface area contributed by atoms with Crippen LogP contribution in [0.2, 0.25) is 0 Å². The summed E-state index contributed by atoms with van der Waals surface area (Å²) in [6.07, 6.45) is 3.59. The van der Waals surface area contributed by atoms with Gasteiger partial charge in [-0.05, 0) is 44.8 Å². The van der Waals surface area contributed by atoms with Crippen LogP contribution in [0.5, 0.6) is 5.75 Å². The third kappa shape index (κ3) is 3.81. The van der Waals surface area contributed by atoms with Crippen molar-refractivity contribution in [2.75, 3.05) is 32.7 Å². The molecule has 1 atom stereocenters. The van der Waals surface area contributed by atoms with Crippen LogP contribution in [0, 0.1) is 5.92 Å². The van der Waals surface area contributed by atoms with Crippen LogP contribution in [0.1, 0.15) is 38.2 Å². The molecule has 0 aromatic heterocycles.